The van der Waals surface area contributed by atoms with Crippen LogP contribution in [0.15, 0.2) is 78.9 Å². The van der Waals surface area contributed by atoms with Gasteiger partial charge in [0.2, 0.25) is 0 Å². The zero-order valence-electron chi connectivity index (χ0n) is 20.1. The second-order valence-electron chi connectivity index (χ2n) is 9.00. The second kappa shape index (κ2) is 11.7. The molecule has 1 N–H and O–H groups in total. The predicted molar refractivity (Wildman–Crippen MR) is 134 cm³/mol. The molecular weight excluding hydrogens is 410 g/mol. The maximum atomic E-state index is 11.6. The number of ether oxygens (including phenoxy) is 1. The van der Waals surface area contributed by atoms with E-state index in [0.717, 1.165) is 29.7 Å². The summed E-state index contributed by atoms with van der Waals surface area (Å²) >= 11 is 0. The molecule has 1 atom stereocenters. The Kier molecular flexibility index (Phi) is 8.67. The number of benzene rings is 3. The zero-order valence-corrected chi connectivity index (χ0v) is 20.1. The van der Waals surface area contributed by atoms with E-state index >= 15 is 0 Å². The molecule has 0 amide bonds. The number of aryl methyl sites for hydroxylation is 1. The van der Waals surface area contributed by atoms with Gasteiger partial charge in [0.1, 0.15) is 12.4 Å². The number of carboxylic acids is 1. The van der Waals surface area contributed by atoms with Crippen LogP contribution in [0.5, 0.6) is 5.75 Å². The van der Waals surface area contributed by atoms with E-state index in [-0.39, 0.29) is 11.6 Å². The van der Waals surface area contributed by atoms with Crippen LogP contribution in [0, 0.1) is 0 Å². The highest BCUT2D eigenvalue weighted by Crippen LogP contribution is 2.32. The van der Waals surface area contributed by atoms with Crippen molar-refractivity contribution in [3.05, 3.63) is 101 Å². The molecule has 1 unspecified atom stereocenters. The quantitative estimate of drug-likeness (QED) is 0.354. The molecule has 3 rings (SSSR count). The van der Waals surface area contributed by atoms with Crippen LogP contribution in [0.25, 0.3) is 0 Å². The molecule has 174 valence electrons. The predicted octanol–water partition coefficient (Wildman–Crippen LogP) is 6.76. The van der Waals surface area contributed by atoms with E-state index in [1.54, 1.807) is 18.2 Å². The largest absolute Gasteiger partial charge is 0.489 e. The first-order valence-corrected chi connectivity index (χ1v) is 11.7. The molecule has 0 saturated heterocycles. The van der Waals surface area contributed by atoms with Crippen LogP contribution >= 0.6 is 0 Å². The van der Waals surface area contributed by atoms with E-state index in [9.17, 15) is 9.90 Å². The number of carboxylic acid groups (broad SMARTS) is 1. The van der Waals surface area contributed by atoms with Crippen LogP contribution in [0.1, 0.15) is 67.2 Å². The Bertz CT molecular complexity index is 1010. The molecule has 0 spiro atoms. The first-order valence-electron chi connectivity index (χ1n) is 11.7. The average Bonchev–Trinajstić information content (AvgIpc) is 2.81. The molecule has 0 aliphatic rings. The van der Waals surface area contributed by atoms with Crippen molar-refractivity contribution in [3.63, 3.8) is 0 Å². The molecule has 3 aromatic carbocycles. The summed E-state index contributed by atoms with van der Waals surface area (Å²) in [5.41, 5.74) is 3.58. The lowest BCUT2D eigenvalue weighted by Crippen LogP contribution is -2.40. The van der Waals surface area contributed by atoms with Gasteiger partial charge in [0, 0.05) is 18.1 Å². The SMILES string of the molecule is CC(C)N(C(C)C)C(CCc1cc(C(=O)O)ccc1OCc1ccccc1)c1ccccc1. The van der Waals surface area contributed by atoms with Crippen LogP contribution in [0.2, 0.25) is 0 Å². The van der Waals surface area contributed by atoms with Gasteiger partial charge in [-0.25, -0.2) is 4.79 Å². The van der Waals surface area contributed by atoms with Crippen molar-refractivity contribution in [1.29, 1.82) is 0 Å². The smallest absolute Gasteiger partial charge is 0.335 e. The van der Waals surface area contributed by atoms with E-state index in [1.165, 1.54) is 5.56 Å². The number of hydrogen-bond acceptors (Lipinski definition) is 3. The van der Waals surface area contributed by atoms with Crippen molar-refractivity contribution >= 4 is 5.97 Å². The molecule has 0 aliphatic carbocycles. The van der Waals surface area contributed by atoms with Gasteiger partial charge in [-0.15, -0.1) is 0 Å². The van der Waals surface area contributed by atoms with Gasteiger partial charge >= 0.3 is 5.97 Å². The Morgan fingerprint density at radius 3 is 2.06 bits per heavy atom. The van der Waals surface area contributed by atoms with Crippen molar-refractivity contribution in [2.24, 2.45) is 0 Å². The van der Waals surface area contributed by atoms with Crippen molar-refractivity contribution in [2.45, 2.75) is 65.3 Å². The summed E-state index contributed by atoms with van der Waals surface area (Å²) in [5, 5.41) is 9.55. The van der Waals surface area contributed by atoms with Crippen LogP contribution in [0.3, 0.4) is 0 Å². The second-order valence-corrected chi connectivity index (χ2v) is 9.00. The minimum atomic E-state index is -0.920. The van der Waals surface area contributed by atoms with Gasteiger partial charge in [-0.1, -0.05) is 60.7 Å². The van der Waals surface area contributed by atoms with Gasteiger partial charge in [-0.05, 0) is 75.4 Å². The molecule has 33 heavy (non-hydrogen) atoms. The fourth-order valence-corrected chi connectivity index (χ4v) is 4.56. The van der Waals surface area contributed by atoms with Gasteiger partial charge in [-0.3, -0.25) is 4.90 Å². The number of rotatable bonds is 11. The molecule has 0 aromatic heterocycles. The van der Waals surface area contributed by atoms with Crippen LogP contribution < -0.4 is 4.74 Å². The standard InChI is InChI=1S/C29H35NO3/c1-21(2)30(22(3)4)27(24-13-9-6-10-14-24)17-15-25-19-26(29(31)32)16-18-28(25)33-20-23-11-7-5-8-12-23/h5-14,16,18-19,21-22,27H,15,17,20H2,1-4H3,(H,31,32). The number of hydrogen-bond donors (Lipinski definition) is 1. The highest BCUT2D eigenvalue weighted by Gasteiger charge is 2.25. The summed E-state index contributed by atoms with van der Waals surface area (Å²) < 4.78 is 6.14. The van der Waals surface area contributed by atoms with E-state index < -0.39 is 5.97 Å². The Hall–Kier alpha value is -3.11. The minimum Gasteiger partial charge on any atom is -0.489 e. The summed E-state index contributed by atoms with van der Waals surface area (Å²) in [6.07, 6.45) is 1.59. The van der Waals surface area contributed by atoms with Crippen LogP contribution in [-0.4, -0.2) is 28.1 Å². The van der Waals surface area contributed by atoms with E-state index in [1.807, 2.05) is 36.4 Å². The lowest BCUT2D eigenvalue weighted by Gasteiger charge is -2.39. The maximum Gasteiger partial charge on any atom is 0.335 e. The highest BCUT2D eigenvalue weighted by molar-refractivity contribution is 5.88. The maximum absolute atomic E-state index is 11.6. The van der Waals surface area contributed by atoms with Crippen molar-refractivity contribution in [3.8, 4) is 5.75 Å². The van der Waals surface area contributed by atoms with Crippen molar-refractivity contribution in [1.82, 2.24) is 4.90 Å². The normalized spacial score (nSPS) is 12.3. The molecule has 0 radical (unpaired) electrons. The Morgan fingerprint density at radius 2 is 1.48 bits per heavy atom. The molecule has 4 nitrogen and oxygen atoms in total. The van der Waals surface area contributed by atoms with E-state index in [0.29, 0.717) is 18.7 Å². The van der Waals surface area contributed by atoms with Gasteiger partial charge in [-0.2, -0.15) is 0 Å². The summed E-state index contributed by atoms with van der Waals surface area (Å²) in [5.74, 6) is -0.173. The highest BCUT2D eigenvalue weighted by atomic mass is 16.5. The Morgan fingerprint density at radius 1 is 0.879 bits per heavy atom. The molecular formula is C29H35NO3. The van der Waals surface area contributed by atoms with E-state index in [4.69, 9.17) is 4.74 Å². The van der Waals surface area contributed by atoms with Gasteiger partial charge < -0.3 is 9.84 Å². The third kappa shape index (κ3) is 6.69. The number of nitrogens with zero attached hydrogens (tertiary/aromatic N) is 1. The lowest BCUT2D eigenvalue weighted by atomic mass is 9.94. The van der Waals surface area contributed by atoms with Crippen molar-refractivity contribution in [2.75, 3.05) is 0 Å². The van der Waals surface area contributed by atoms with Gasteiger partial charge in [0.25, 0.3) is 0 Å². The first-order chi connectivity index (χ1) is 15.9. The minimum absolute atomic E-state index is 0.224. The lowest BCUT2D eigenvalue weighted by molar-refractivity contribution is 0.0696. The summed E-state index contributed by atoms with van der Waals surface area (Å²) in [6, 6.07) is 26.8. The monoisotopic (exact) mass is 445 g/mol. The fraction of sp³-hybridized carbons (Fsp3) is 0.345. The molecule has 0 fully saturated rings. The van der Waals surface area contributed by atoms with Crippen LogP contribution in [-0.2, 0) is 13.0 Å². The van der Waals surface area contributed by atoms with Crippen LogP contribution in [0.4, 0.5) is 0 Å². The molecule has 0 aliphatic heterocycles. The molecule has 0 saturated carbocycles. The zero-order chi connectivity index (χ0) is 23.8. The van der Waals surface area contributed by atoms with Crippen molar-refractivity contribution < 1.29 is 14.6 Å². The Balaban J connectivity index is 1.88. The first kappa shape index (κ1) is 24.5. The summed E-state index contributed by atoms with van der Waals surface area (Å²) in [4.78, 5) is 14.2. The number of carbonyl (C=O) groups is 1. The average molecular weight is 446 g/mol. The topological polar surface area (TPSA) is 49.8 Å². The van der Waals surface area contributed by atoms with Gasteiger partial charge in [0.15, 0.2) is 0 Å². The molecule has 4 heteroatoms. The summed E-state index contributed by atoms with van der Waals surface area (Å²) in [6.45, 7) is 9.38. The molecule has 3 aromatic rings. The van der Waals surface area contributed by atoms with E-state index in [2.05, 4.69) is 56.9 Å². The Labute approximate surface area is 197 Å². The molecule has 0 heterocycles. The summed E-state index contributed by atoms with van der Waals surface area (Å²) in [7, 11) is 0. The third-order valence-electron chi connectivity index (χ3n) is 5.97. The number of aromatic carboxylic acids is 1. The third-order valence-corrected chi connectivity index (χ3v) is 5.97. The van der Waals surface area contributed by atoms with Gasteiger partial charge in [0.05, 0.1) is 5.56 Å². The fourth-order valence-electron chi connectivity index (χ4n) is 4.56. The molecule has 0 bridgehead atoms.